The average Bonchev–Trinajstić information content (AvgIpc) is 3.53. The van der Waals surface area contributed by atoms with E-state index in [0.717, 1.165) is 68.8 Å². The van der Waals surface area contributed by atoms with Crippen LogP contribution in [0.25, 0.3) is 5.65 Å². The molecule has 0 saturated carbocycles. The normalized spacial score (nSPS) is 21.3. The smallest absolute Gasteiger partial charge is 0.225 e. The molecule has 10 heteroatoms. The Kier molecular flexibility index (Phi) is 6.68. The van der Waals surface area contributed by atoms with E-state index in [-0.39, 0.29) is 23.7 Å². The van der Waals surface area contributed by atoms with Crippen LogP contribution in [-0.4, -0.2) is 63.3 Å². The van der Waals surface area contributed by atoms with Gasteiger partial charge in [-0.25, -0.2) is 4.39 Å². The number of nitrogens with zero attached hydrogens (tertiary/aromatic N) is 6. The number of benzene rings is 1. The number of fused-ring (bicyclic) bond motifs is 1. The van der Waals surface area contributed by atoms with Gasteiger partial charge in [0.1, 0.15) is 18.0 Å². The third kappa shape index (κ3) is 5.02. The van der Waals surface area contributed by atoms with Crippen LogP contribution in [0.1, 0.15) is 43.7 Å². The second kappa shape index (κ2) is 10.0. The summed E-state index contributed by atoms with van der Waals surface area (Å²) in [4.78, 5) is 17.1. The minimum Gasteiger partial charge on any atom is -0.355 e. The van der Waals surface area contributed by atoms with E-state index in [1.165, 1.54) is 6.07 Å². The van der Waals surface area contributed by atoms with Gasteiger partial charge in [-0.15, -0.1) is 15.3 Å². The van der Waals surface area contributed by atoms with Crippen molar-refractivity contribution >= 4 is 17.4 Å². The largest absolute Gasteiger partial charge is 0.355 e. The van der Waals surface area contributed by atoms with Gasteiger partial charge >= 0.3 is 0 Å². The number of aromatic nitrogens is 4. The van der Waals surface area contributed by atoms with Crippen molar-refractivity contribution in [1.29, 1.82) is 0 Å². The lowest BCUT2D eigenvalue weighted by Gasteiger charge is -2.33. The summed E-state index contributed by atoms with van der Waals surface area (Å²) < 4.78 is 15.2. The third-order valence-corrected chi connectivity index (χ3v) is 6.97. The number of hydrazine groups is 1. The van der Waals surface area contributed by atoms with Crippen LogP contribution in [0.3, 0.4) is 0 Å². The van der Waals surface area contributed by atoms with Crippen LogP contribution in [0, 0.1) is 11.7 Å². The highest BCUT2D eigenvalue weighted by atomic mass is 19.1. The first kappa shape index (κ1) is 22.7. The Hall–Kier alpha value is -3.11. The molecular formula is C24H31FN8O. The zero-order valence-electron chi connectivity index (χ0n) is 19.4. The van der Waals surface area contributed by atoms with Gasteiger partial charge in [0.25, 0.3) is 0 Å². The zero-order chi connectivity index (χ0) is 23.5. The van der Waals surface area contributed by atoms with Gasteiger partial charge in [-0.05, 0) is 61.9 Å². The molecule has 2 saturated heterocycles. The van der Waals surface area contributed by atoms with Gasteiger partial charge in [0.15, 0.2) is 5.65 Å². The fraction of sp³-hybridized carbons (Fsp3) is 0.500. The Morgan fingerprint density at radius 2 is 2.06 bits per heavy atom. The molecular weight excluding hydrogens is 435 g/mol. The Labute approximate surface area is 198 Å². The molecule has 4 heterocycles. The maximum absolute atomic E-state index is 13.5. The van der Waals surface area contributed by atoms with Crippen LogP contribution in [0.4, 0.5) is 10.2 Å². The Morgan fingerprint density at radius 1 is 1.21 bits per heavy atom. The molecule has 2 aliphatic heterocycles. The number of nitrogens with one attached hydrogen (secondary N) is 2. The quantitative estimate of drug-likeness (QED) is 0.552. The molecule has 34 heavy (non-hydrogen) atoms. The summed E-state index contributed by atoms with van der Waals surface area (Å²) in [5, 5.41) is 12.4. The van der Waals surface area contributed by atoms with E-state index in [4.69, 9.17) is 0 Å². The van der Waals surface area contributed by atoms with Crippen molar-refractivity contribution in [3.05, 3.63) is 54.1 Å². The number of carbonyl (C=O) groups is 1. The maximum Gasteiger partial charge on any atom is 0.225 e. The Bertz CT molecular complexity index is 1130. The summed E-state index contributed by atoms with van der Waals surface area (Å²) >= 11 is 0. The van der Waals surface area contributed by atoms with E-state index in [0.29, 0.717) is 6.04 Å². The van der Waals surface area contributed by atoms with Gasteiger partial charge in [0, 0.05) is 44.7 Å². The van der Waals surface area contributed by atoms with Crippen molar-refractivity contribution in [1.82, 2.24) is 35.6 Å². The SMILES string of the molecule is CN(CCCC1CC(c2cccc(F)c2)NN1)C(=O)C1CCN(c2ccc3nncn3n2)CC1. The van der Waals surface area contributed by atoms with E-state index >= 15 is 0 Å². The molecule has 2 unspecified atom stereocenters. The molecule has 2 fully saturated rings. The van der Waals surface area contributed by atoms with Gasteiger partial charge < -0.3 is 9.80 Å². The summed E-state index contributed by atoms with van der Waals surface area (Å²) in [6.07, 6.45) is 6.06. The first-order chi connectivity index (χ1) is 16.6. The molecule has 2 N–H and O–H groups in total. The number of hydrogen-bond acceptors (Lipinski definition) is 7. The van der Waals surface area contributed by atoms with E-state index < -0.39 is 0 Å². The lowest BCUT2D eigenvalue weighted by molar-refractivity contribution is -0.134. The number of anilines is 1. The molecule has 9 nitrogen and oxygen atoms in total. The molecule has 0 radical (unpaired) electrons. The number of carbonyl (C=O) groups excluding carboxylic acids is 1. The van der Waals surface area contributed by atoms with Crippen molar-refractivity contribution in [2.75, 3.05) is 31.6 Å². The predicted octanol–water partition coefficient (Wildman–Crippen LogP) is 2.33. The third-order valence-electron chi connectivity index (χ3n) is 6.97. The van der Waals surface area contributed by atoms with Gasteiger partial charge in [0.05, 0.1) is 0 Å². The molecule has 0 bridgehead atoms. The number of halogens is 1. The van der Waals surface area contributed by atoms with Crippen LogP contribution in [0.2, 0.25) is 0 Å². The van der Waals surface area contributed by atoms with Crippen molar-refractivity contribution in [3.63, 3.8) is 0 Å². The monoisotopic (exact) mass is 466 g/mol. The number of hydrogen-bond donors (Lipinski definition) is 2. The molecule has 3 aromatic rings. The lowest BCUT2D eigenvalue weighted by atomic mass is 9.95. The predicted molar refractivity (Wildman–Crippen MR) is 126 cm³/mol. The van der Waals surface area contributed by atoms with Crippen molar-refractivity contribution in [3.8, 4) is 0 Å². The lowest BCUT2D eigenvalue weighted by Crippen LogP contribution is -2.42. The minimum absolute atomic E-state index is 0.0588. The van der Waals surface area contributed by atoms with Crippen LogP contribution >= 0.6 is 0 Å². The summed E-state index contributed by atoms with van der Waals surface area (Å²) in [6.45, 7) is 2.36. The van der Waals surface area contributed by atoms with Gasteiger partial charge in [-0.1, -0.05) is 12.1 Å². The van der Waals surface area contributed by atoms with Crippen LogP contribution < -0.4 is 15.8 Å². The van der Waals surface area contributed by atoms with Gasteiger partial charge in [-0.2, -0.15) is 4.52 Å². The highest BCUT2D eigenvalue weighted by molar-refractivity contribution is 5.78. The molecule has 0 spiro atoms. The minimum atomic E-state index is -0.207. The number of rotatable bonds is 7. The summed E-state index contributed by atoms with van der Waals surface area (Å²) in [5.41, 5.74) is 8.29. The summed E-state index contributed by atoms with van der Waals surface area (Å²) in [7, 11) is 1.91. The molecule has 1 amide bonds. The summed E-state index contributed by atoms with van der Waals surface area (Å²) in [5.74, 6) is 0.975. The Balaban J connectivity index is 1.04. The fourth-order valence-electron chi connectivity index (χ4n) is 4.99. The van der Waals surface area contributed by atoms with Crippen LogP contribution in [0.15, 0.2) is 42.7 Å². The van der Waals surface area contributed by atoms with Crippen LogP contribution in [-0.2, 0) is 4.79 Å². The first-order valence-corrected chi connectivity index (χ1v) is 12.0. The maximum atomic E-state index is 13.5. The molecule has 0 aliphatic carbocycles. The molecule has 2 aromatic heterocycles. The average molecular weight is 467 g/mol. The fourth-order valence-corrected chi connectivity index (χ4v) is 4.99. The second-order valence-corrected chi connectivity index (χ2v) is 9.32. The van der Waals surface area contributed by atoms with Crippen molar-refractivity contribution in [2.24, 2.45) is 5.92 Å². The van der Waals surface area contributed by atoms with Crippen molar-refractivity contribution in [2.45, 2.75) is 44.2 Å². The van der Waals surface area contributed by atoms with E-state index in [1.54, 1.807) is 23.0 Å². The standard InChI is InChI=1S/C24H31FN8O/c1-31(11-3-6-20-15-21(28-27-20)18-4-2-5-19(25)14-18)24(34)17-9-12-32(13-10-17)23-8-7-22-29-26-16-33(22)30-23/h2,4-5,7-8,14,16-17,20-21,27-28H,3,6,9-13,15H2,1H3. The molecule has 1 aromatic carbocycles. The number of piperidine rings is 1. The van der Waals surface area contributed by atoms with E-state index in [9.17, 15) is 9.18 Å². The highest BCUT2D eigenvalue weighted by Crippen LogP contribution is 2.26. The van der Waals surface area contributed by atoms with E-state index in [2.05, 4.69) is 31.0 Å². The number of amides is 1. The molecule has 2 aliphatic rings. The molecule has 180 valence electrons. The first-order valence-electron chi connectivity index (χ1n) is 12.0. The second-order valence-electron chi connectivity index (χ2n) is 9.32. The van der Waals surface area contributed by atoms with Crippen molar-refractivity contribution < 1.29 is 9.18 Å². The zero-order valence-corrected chi connectivity index (χ0v) is 19.4. The van der Waals surface area contributed by atoms with E-state index in [1.807, 2.05) is 30.1 Å². The highest BCUT2D eigenvalue weighted by Gasteiger charge is 2.29. The topological polar surface area (TPSA) is 90.7 Å². The van der Waals surface area contributed by atoms with Crippen LogP contribution in [0.5, 0.6) is 0 Å². The summed E-state index contributed by atoms with van der Waals surface area (Å²) in [6, 6.07) is 11.1. The Morgan fingerprint density at radius 3 is 2.88 bits per heavy atom. The molecule has 5 rings (SSSR count). The molecule has 2 atom stereocenters. The van der Waals surface area contributed by atoms with Gasteiger partial charge in [-0.3, -0.25) is 15.6 Å². The van der Waals surface area contributed by atoms with Gasteiger partial charge in [0.2, 0.25) is 5.91 Å².